The molecule has 0 radical (unpaired) electrons. The lowest BCUT2D eigenvalue weighted by molar-refractivity contribution is 0.343. The molecule has 2 N–H and O–H groups in total. The van der Waals surface area contributed by atoms with Gasteiger partial charge in [0.05, 0.1) is 0 Å². The van der Waals surface area contributed by atoms with Crippen molar-refractivity contribution in [1.29, 1.82) is 0 Å². The van der Waals surface area contributed by atoms with Gasteiger partial charge in [-0.25, -0.2) is 0 Å². The minimum atomic E-state index is 0.600. The van der Waals surface area contributed by atoms with Crippen LogP contribution in [-0.4, -0.2) is 25.7 Å². The van der Waals surface area contributed by atoms with E-state index < -0.39 is 0 Å². The number of aryl methyl sites for hydroxylation is 1. The van der Waals surface area contributed by atoms with Gasteiger partial charge in [0.2, 0.25) is 0 Å². The first-order valence-corrected chi connectivity index (χ1v) is 7.55. The van der Waals surface area contributed by atoms with Crippen LogP contribution in [0.2, 0.25) is 0 Å². The standard InChI is InChI=1S/C14H24N2S/c1-11(9-14-4-3-12(2)17-14)16-10-13-5-7-15-8-6-13/h3-4,11,13,15-16H,5-10H2,1-2H3. The van der Waals surface area contributed by atoms with Crippen LogP contribution in [0.3, 0.4) is 0 Å². The zero-order valence-corrected chi connectivity index (χ0v) is 11.8. The molecule has 96 valence electrons. The second kappa shape index (κ2) is 6.53. The molecular weight excluding hydrogens is 228 g/mol. The first-order chi connectivity index (χ1) is 8.24. The fourth-order valence-corrected chi connectivity index (χ4v) is 3.44. The Morgan fingerprint density at radius 2 is 2.18 bits per heavy atom. The highest BCUT2D eigenvalue weighted by Gasteiger charge is 2.13. The molecule has 1 aliphatic heterocycles. The van der Waals surface area contributed by atoms with E-state index in [9.17, 15) is 0 Å². The highest BCUT2D eigenvalue weighted by Crippen LogP contribution is 2.17. The highest BCUT2D eigenvalue weighted by atomic mass is 32.1. The fourth-order valence-electron chi connectivity index (χ4n) is 2.42. The zero-order chi connectivity index (χ0) is 12.1. The molecule has 0 saturated carbocycles. The third-order valence-electron chi connectivity index (χ3n) is 3.52. The Balaban J connectivity index is 1.68. The van der Waals surface area contributed by atoms with Gasteiger partial charge in [0.15, 0.2) is 0 Å². The van der Waals surface area contributed by atoms with Crippen LogP contribution in [0.5, 0.6) is 0 Å². The average molecular weight is 252 g/mol. The topological polar surface area (TPSA) is 24.1 Å². The fraction of sp³-hybridized carbons (Fsp3) is 0.714. The van der Waals surface area contributed by atoms with Crippen LogP contribution in [0.15, 0.2) is 12.1 Å². The summed E-state index contributed by atoms with van der Waals surface area (Å²) in [5.74, 6) is 0.878. The van der Waals surface area contributed by atoms with Crippen LogP contribution in [0.4, 0.5) is 0 Å². The summed E-state index contributed by atoms with van der Waals surface area (Å²) in [4.78, 5) is 2.93. The van der Waals surface area contributed by atoms with Gasteiger partial charge in [-0.3, -0.25) is 0 Å². The molecule has 0 aliphatic carbocycles. The van der Waals surface area contributed by atoms with Crippen LogP contribution in [0.25, 0.3) is 0 Å². The van der Waals surface area contributed by atoms with Gasteiger partial charge in [0, 0.05) is 15.8 Å². The van der Waals surface area contributed by atoms with Crippen molar-refractivity contribution in [3.05, 3.63) is 21.9 Å². The van der Waals surface area contributed by atoms with E-state index >= 15 is 0 Å². The number of nitrogens with one attached hydrogen (secondary N) is 2. The number of rotatable bonds is 5. The first-order valence-electron chi connectivity index (χ1n) is 6.73. The van der Waals surface area contributed by atoms with Gasteiger partial charge < -0.3 is 10.6 Å². The maximum absolute atomic E-state index is 3.69. The molecule has 3 heteroatoms. The Kier molecular flexibility index (Phi) is 5.01. The first kappa shape index (κ1) is 13.1. The van der Waals surface area contributed by atoms with E-state index in [1.54, 1.807) is 0 Å². The van der Waals surface area contributed by atoms with E-state index in [-0.39, 0.29) is 0 Å². The molecule has 2 nitrogen and oxygen atoms in total. The minimum absolute atomic E-state index is 0.600. The van der Waals surface area contributed by atoms with Crippen molar-refractivity contribution in [1.82, 2.24) is 10.6 Å². The predicted molar refractivity (Wildman–Crippen MR) is 75.8 cm³/mol. The Hall–Kier alpha value is -0.380. The summed E-state index contributed by atoms with van der Waals surface area (Å²) in [6.07, 6.45) is 3.83. The second-order valence-electron chi connectivity index (χ2n) is 5.22. The molecule has 2 rings (SSSR count). The third-order valence-corrected chi connectivity index (χ3v) is 4.54. The van der Waals surface area contributed by atoms with Crippen LogP contribution in [-0.2, 0) is 6.42 Å². The molecule has 0 bridgehead atoms. The van der Waals surface area contributed by atoms with Gasteiger partial charge in [-0.1, -0.05) is 0 Å². The maximum atomic E-state index is 3.69. The lowest BCUT2D eigenvalue weighted by Crippen LogP contribution is -2.37. The Morgan fingerprint density at radius 3 is 2.82 bits per heavy atom. The van der Waals surface area contributed by atoms with E-state index in [1.807, 2.05) is 11.3 Å². The summed E-state index contributed by atoms with van der Waals surface area (Å²) in [6, 6.07) is 5.09. The zero-order valence-electron chi connectivity index (χ0n) is 11.0. The normalized spacial score (nSPS) is 19.4. The summed E-state index contributed by atoms with van der Waals surface area (Å²) in [5, 5.41) is 7.11. The van der Waals surface area contributed by atoms with Gasteiger partial charge in [-0.2, -0.15) is 0 Å². The maximum Gasteiger partial charge on any atom is 0.00871 e. The molecular formula is C14H24N2S. The van der Waals surface area contributed by atoms with Crippen molar-refractivity contribution >= 4 is 11.3 Å². The van der Waals surface area contributed by atoms with Crippen LogP contribution < -0.4 is 10.6 Å². The molecule has 1 fully saturated rings. The summed E-state index contributed by atoms with van der Waals surface area (Å²) in [6.45, 7) is 8.07. The van der Waals surface area contributed by atoms with Crippen molar-refractivity contribution in [2.45, 2.75) is 39.2 Å². The Labute approximate surface area is 109 Å². The van der Waals surface area contributed by atoms with Crippen molar-refractivity contribution in [2.75, 3.05) is 19.6 Å². The van der Waals surface area contributed by atoms with E-state index in [2.05, 4.69) is 36.6 Å². The monoisotopic (exact) mass is 252 g/mol. The van der Waals surface area contributed by atoms with Gasteiger partial charge in [-0.15, -0.1) is 11.3 Å². The average Bonchev–Trinajstić information content (AvgIpc) is 2.73. The summed E-state index contributed by atoms with van der Waals surface area (Å²) in [7, 11) is 0. The van der Waals surface area contributed by atoms with E-state index in [4.69, 9.17) is 0 Å². The second-order valence-corrected chi connectivity index (χ2v) is 6.59. The van der Waals surface area contributed by atoms with E-state index in [1.165, 1.54) is 48.7 Å². The largest absolute Gasteiger partial charge is 0.317 e. The Bertz CT molecular complexity index is 329. The minimum Gasteiger partial charge on any atom is -0.317 e. The van der Waals surface area contributed by atoms with Gasteiger partial charge >= 0.3 is 0 Å². The number of thiophene rings is 1. The summed E-state index contributed by atoms with van der Waals surface area (Å²) < 4.78 is 0. The van der Waals surface area contributed by atoms with Crippen LogP contribution in [0.1, 0.15) is 29.5 Å². The number of hydrogen-bond acceptors (Lipinski definition) is 3. The lowest BCUT2D eigenvalue weighted by Gasteiger charge is -2.24. The van der Waals surface area contributed by atoms with Crippen molar-refractivity contribution in [2.24, 2.45) is 5.92 Å². The predicted octanol–water partition coefficient (Wildman–Crippen LogP) is 2.58. The lowest BCUT2D eigenvalue weighted by atomic mass is 9.98. The van der Waals surface area contributed by atoms with Crippen molar-refractivity contribution in [3.63, 3.8) is 0 Å². The van der Waals surface area contributed by atoms with Crippen LogP contribution >= 0.6 is 11.3 Å². The van der Waals surface area contributed by atoms with Gasteiger partial charge in [-0.05, 0) is 70.8 Å². The quantitative estimate of drug-likeness (QED) is 0.841. The third kappa shape index (κ3) is 4.41. The van der Waals surface area contributed by atoms with Crippen LogP contribution in [0, 0.1) is 12.8 Å². The molecule has 0 spiro atoms. The molecule has 2 heterocycles. The Morgan fingerprint density at radius 1 is 1.41 bits per heavy atom. The smallest absolute Gasteiger partial charge is 0.00871 e. The number of piperidine rings is 1. The molecule has 1 atom stereocenters. The SMILES string of the molecule is Cc1ccc(CC(C)NCC2CCNCC2)s1. The molecule has 1 aromatic rings. The summed E-state index contributed by atoms with van der Waals surface area (Å²) >= 11 is 1.93. The van der Waals surface area contributed by atoms with Crippen molar-refractivity contribution in [3.8, 4) is 0 Å². The molecule has 1 aromatic heterocycles. The highest BCUT2D eigenvalue weighted by molar-refractivity contribution is 7.11. The van der Waals surface area contributed by atoms with Gasteiger partial charge in [0.25, 0.3) is 0 Å². The summed E-state index contributed by atoms with van der Waals surface area (Å²) in [5.41, 5.74) is 0. The van der Waals surface area contributed by atoms with E-state index in [0.717, 1.165) is 5.92 Å². The van der Waals surface area contributed by atoms with E-state index in [0.29, 0.717) is 6.04 Å². The molecule has 0 aromatic carbocycles. The molecule has 17 heavy (non-hydrogen) atoms. The molecule has 1 unspecified atom stereocenters. The molecule has 1 saturated heterocycles. The molecule has 1 aliphatic rings. The molecule has 0 amide bonds. The van der Waals surface area contributed by atoms with Gasteiger partial charge in [0.1, 0.15) is 0 Å². The van der Waals surface area contributed by atoms with Crippen molar-refractivity contribution < 1.29 is 0 Å². The number of hydrogen-bond donors (Lipinski definition) is 2.